The van der Waals surface area contributed by atoms with E-state index in [2.05, 4.69) is 22.4 Å². The summed E-state index contributed by atoms with van der Waals surface area (Å²) in [5, 5.41) is 4.12. The second-order valence-corrected chi connectivity index (χ2v) is 6.55. The third-order valence-corrected chi connectivity index (χ3v) is 4.68. The number of thiazole rings is 1. The van der Waals surface area contributed by atoms with Crippen LogP contribution in [0.25, 0.3) is 0 Å². The number of hydrogen-bond donors (Lipinski definition) is 1. The molecule has 4 heteroatoms. The SMILES string of the molecule is Cc1nc(C)c(C(C)NC(=O)CCCc2ccccc2)s1. The molecule has 112 valence electrons. The van der Waals surface area contributed by atoms with Gasteiger partial charge in [-0.1, -0.05) is 30.3 Å². The van der Waals surface area contributed by atoms with Gasteiger partial charge in [-0.05, 0) is 39.2 Å². The van der Waals surface area contributed by atoms with Gasteiger partial charge in [0.2, 0.25) is 5.91 Å². The molecule has 0 aliphatic rings. The van der Waals surface area contributed by atoms with Crippen molar-refractivity contribution in [2.45, 2.75) is 46.1 Å². The molecule has 0 fully saturated rings. The lowest BCUT2D eigenvalue weighted by molar-refractivity contribution is -0.121. The van der Waals surface area contributed by atoms with Gasteiger partial charge in [-0.3, -0.25) is 4.79 Å². The number of aryl methyl sites for hydroxylation is 3. The Kier molecular flexibility index (Phi) is 5.51. The summed E-state index contributed by atoms with van der Waals surface area (Å²) in [5.74, 6) is 0.115. The minimum atomic E-state index is 0.0421. The molecule has 2 rings (SSSR count). The van der Waals surface area contributed by atoms with Crippen molar-refractivity contribution < 1.29 is 4.79 Å². The van der Waals surface area contributed by atoms with E-state index in [9.17, 15) is 4.79 Å². The molecule has 1 atom stereocenters. The van der Waals surface area contributed by atoms with Crippen molar-refractivity contribution in [3.05, 3.63) is 51.5 Å². The van der Waals surface area contributed by atoms with Gasteiger partial charge in [0.25, 0.3) is 0 Å². The summed E-state index contributed by atoms with van der Waals surface area (Å²) >= 11 is 1.66. The second-order valence-electron chi connectivity index (χ2n) is 5.31. The molecule has 1 amide bonds. The van der Waals surface area contributed by atoms with Gasteiger partial charge < -0.3 is 5.32 Å². The fourth-order valence-electron chi connectivity index (χ4n) is 2.43. The molecule has 0 radical (unpaired) electrons. The van der Waals surface area contributed by atoms with Crippen LogP contribution in [0.4, 0.5) is 0 Å². The summed E-state index contributed by atoms with van der Waals surface area (Å²) < 4.78 is 0. The van der Waals surface area contributed by atoms with Crippen molar-refractivity contribution in [3.8, 4) is 0 Å². The van der Waals surface area contributed by atoms with Crippen molar-refractivity contribution in [1.29, 1.82) is 0 Å². The van der Waals surface area contributed by atoms with Crippen LogP contribution in [0.5, 0.6) is 0 Å². The first-order valence-electron chi connectivity index (χ1n) is 7.33. The quantitative estimate of drug-likeness (QED) is 0.877. The zero-order valence-electron chi connectivity index (χ0n) is 12.8. The van der Waals surface area contributed by atoms with Gasteiger partial charge in [-0.15, -0.1) is 11.3 Å². The van der Waals surface area contributed by atoms with Crippen molar-refractivity contribution in [2.75, 3.05) is 0 Å². The van der Waals surface area contributed by atoms with Crippen LogP contribution < -0.4 is 5.32 Å². The van der Waals surface area contributed by atoms with Crippen molar-refractivity contribution >= 4 is 17.2 Å². The standard InChI is InChI=1S/C17H22N2OS/c1-12-17(21-14(3)18-12)13(2)19-16(20)11-7-10-15-8-5-4-6-9-15/h4-6,8-9,13H,7,10-11H2,1-3H3,(H,19,20). The highest BCUT2D eigenvalue weighted by Gasteiger charge is 2.14. The molecule has 1 aromatic carbocycles. The second kappa shape index (κ2) is 7.36. The van der Waals surface area contributed by atoms with Gasteiger partial charge in [0.05, 0.1) is 16.7 Å². The summed E-state index contributed by atoms with van der Waals surface area (Å²) in [6.07, 6.45) is 2.39. The monoisotopic (exact) mass is 302 g/mol. The van der Waals surface area contributed by atoms with Gasteiger partial charge >= 0.3 is 0 Å². The number of carbonyl (C=O) groups is 1. The Morgan fingerprint density at radius 3 is 2.62 bits per heavy atom. The van der Waals surface area contributed by atoms with Crippen LogP contribution in [0.1, 0.15) is 46.9 Å². The summed E-state index contributed by atoms with van der Waals surface area (Å²) in [7, 11) is 0. The zero-order valence-corrected chi connectivity index (χ0v) is 13.7. The number of amides is 1. The smallest absolute Gasteiger partial charge is 0.220 e. The number of benzene rings is 1. The van der Waals surface area contributed by atoms with Crippen LogP contribution >= 0.6 is 11.3 Å². The fourth-order valence-corrected chi connectivity index (χ4v) is 3.36. The molecular weight excluding hydrogens is 280 g/mol. The molecule has 1 unspecified atom stereocenters. The molecule has 0 saturated carbocycles. The number of hydrogen-bond acceptors (Lipinski definition) is 3. The van der Waals surface area contributed by atoms with E-state index in [0.717, 1.165) is 28.4 Å². The molecule has 0 aliphatic heterocycles. The van der Waals surface area contributed by atoms with E-state index in [0.29, 0.717) is 6.42 Å². The first-order valence-corrected chi connectivity index (χ1v) is 8.15. The van der Waals surface area contributed by atoms with E-state index >= 15 is 0 Å². The molecule has 0 aliphatic carbocycles. The number of nitrogens with one attached hydrogen (secondary N) is 1. The van der Waals surface area contributed by atoms with Gasteiger partial charge in [0.15, 0.2) is 0 Å². The van der Waals surface area contributed by atoms with Crippen molar-refractivity contribution in [1.82, 2.24) is 10.3 Å². The highest BCUT2D eigenvalue weighted by atomic mass is 32.1. The van der Waals surface area contributed by atoms with E-state index in [1.807, 2.05) is 39.0 Å². The Hall–Kier alpha value is -1.68. The Morgan fingerprint density at radius 1 is 1.29 bits per heavy atom. The zero-order chi connectivity index (χ0) is 15.2. The molecule has 0 spiro atoms. The Bertz CT molecular complexity index is 592. The van der Waals surface area contributed by atoms with Gasteiger partial charge in [-0.2, -0.15) is 0 Å². The van der Waals surface area contributed by atoms with Crippen LogP contribution in [0.2, 0.25) is 0 Å². The van der Waals surface area contributed by atoms with Gasteiger partial charge in [-0.25, -0.2) is 4.98 Å². The third-order valence-electron chi connectivity index (χ3n) is 3.42. The van der Waals surface area contributed by atoms with E-state index in [-0.39, 0.29) is 11.9 Å². The third kappa shape index (κ3) is 4.67. The molecular formula is C17H22N2OS. The molecule has 1 N–H and O–H groups in total. The highest BCUT2D eigenvalue weighted by Crippen LogP contribution is 2.24. The average molecular weight is 302 g/mol. The molecule has 0 saturated heterocycles. The lowest BCUT2D eigenvalue weighted by atomic mass is 10.1. The van der Waals surface area contributed by atoms with E-state index < -0.39 is 0 Å². The largest absolute Gasteiger partial charge is 0.349 e. The maximum absolute atomic E-state index is 12.0. The lowest BCUT2D eigenvalue weighted by Crippen LogP contribution is -2.26. The minimum absolute atomic E-state index is 0.0421. The molecule has 0 bridgehead atoms. The Balaban J connectivity index is 1.78. The summed E-state index contributed by atoms with van der Waals surface area (Å²) in [6.45, 7) is 6.02. The van der Waals surface area contributed by atoms with Crippen LogP contribution in [0.15, 0.2) is 30.3 Å². The van der Waals surface area contributed by atoms with E-state index in [1.54, 1.807) is 11.3 Å². The van der Waals surface area contributed by atoms with E-state index in [1.165, 1.54) is 5.56 Å². The number of carbonyl (C=O) groups excluding carboxylic acids is 1. The van der Waals surface area contributed by atoms with Gasteiger partial charge in [0.1, 0.15) is 0 Å². The number of nitrogens with zero attached hydrogens (tertiary/aromatic N) is 1. The first kappa shape index (κ1) is 15.7. The lowest BCUT2D eigenvalue weighted by Gasteiger charge is -2.13. The van der Waals surface area contributed by atoms with Crippen molar-refractivity contribution in [3.63, 3.8) is 0 Å². The molecule has 21 heavy (non-hydrogen) atoms. The summed E-state index contributed by atoms with van der Waals surface area (Å²) in [4.78, 5) is 17.6. The Labute approximate surface area is 130 Å². The summed E-state index contributed by atoms with van der Waals surface area (Å²) in [5.41, 5.74) is 2.31. The minimum Gasteiger partial charge on any atom is -0.349 e. The molecule has 2 aromatic rings. The number of rotatable bonds is 6. The number of aromatic nitrogens is 1. The maximum Gasteiger partial charge on any atom is 0.220 e. The first-order chi connectivity index (χ1) is 10.1. The maximum atomic E-state index is 12.0. The van der Waals surface area contributed by atoms with Crippen LogP contribution in [-0.2, 0) is 11.2 Å². The topological polar surface area (TPSA) is 42.0 Å². The molecule has 1 heterocycles. The van der Waals surface area contributed by atoms with Crippen molar-refractivity contribution in [2.24, 2.45) is 0 Å². The fraction of sp³-hybridized carbons (Fsp3) is 0.412. The predicted octanol–water partition coefficient (Wildman–Crippen LogP) is 3.96. The van der Waals surface area contributed by atoms with Crippen LogP contribution in [0.3, 0.4) is 0 Å². The summed E-state index contributed by atoms with van der Waals surface area (Å²) in [6, 6.07) is 10.3. The Morgan fingerprint density at radius 2 is 2.00 bits per heavy atom. The molecule has 3 nitrogen and oxygen atoms in total. The van der Waals surface area contributed by atoms with Crippen LogP contribution in [0, 0.1) is 13.8 Å². The van der Waals surface area contributed by atoms with Crippen LogP contribution in [-0.4, -0.2) is 10.9 Å². The predicted molar refractivity (Wildman–Crippen MR) is 87.5 cm³/mol. The highest BCUT2D eigenvalue weighted by molar-refractivity contribution is 7.11. The van der Waals surface area contributed by atoms with Gasteiger partial charge in [0, 0.05) is 11.3 Å². The van der Waals surface area contributed by atoms with E-state index in [4.69, 9.17) is 0 Å². The molecule has 1 aromatic heterocycles. The normalized spacial score (nSPS) is 12.1. The average Bonchev–Trinajstić information content (AvgIpc) is 2.79.